The Morgan fingerprint density at radius 2 is 2.12 bits per heavy atom. The molecule has 0 fully saturated rings. The van der Waals surface area contributed by atoms with Crippen LogP contribution in [0.1, 0.15) is 32.3 Å². The number of hydrogen-bond donors (Lipinski definition) is 1. The van der Waals surface area contributed by atoms with E-state index in [4.69, 9.17) is 4.74 Å². The van der Waals surface area contributed by atoms with Crippen molar-refractivity contribution in [2.45, 2.75) is 33.6 Å². The summed E-state index contributed by atoms with van der Waals surface area (Å²) in [5.41, 5.74) is 6.67. The molecule has 1 aliphatic carbocycles. The molecule has 1 aliphatic rings. The lowest BCUT2D eigenvalue weighted by atomic mass is 9.85. The first kappa shape index (κ1) is 19.9. The van der Waals surface area contributed by atoms with Crippen LogP contribution in [0.25, 0.3) is 0 Å². The highest BCUT2D eigenvalue weighted by Gasteiger charge is 2.19. The van der Waals surface area contributed by atoms with E-state index in [1.54, 1.807) is 0 Å². The van der Waals surface area contributed by atoms with Crippen LogP contribution in [0, 0.1) is 12.8 Å². The van der Waals surface area contributed by atoms with Gasteiger partial charge in [-0.3, -0.25) is 4.79 Å². The first-order chi connectivity index (χ1) is 11.8. The fourth-order valence-corrected chi connectivity index (χ4v) is 4.15. The topological polar surface area (TPSA) is 50.7 Å². The summed E-state index contributed by atoms with van der Waals surface area (Å²) in [5.74, 6) is 0.756. The fraction of sp³-hybridized carbons (Fsp3) is 0.368. The summed E-state index contributed by atoms with van der Waals surface area (Å²) < 4.78 is 7.38. The predicted molar refractivity (Wildman–Crippen MR) is 109 cm³/mol. The highest BCUT2D eigenvalue weighted by atomic mass is 79.9. The van der Waals surface area contributed by atoms with Crippen LogP contribution in [-0.2, 0) is 4.79 Å². The molecule has 0 aromatic heterocycles. The van der Waals surface area contributed by atoms with Gasteiger partial charge in [-0.1, -0.05) is 34.2 Å². The summed E-state index contributed by atoms with van der Waals surface area (Å²) in [7, 11) is 0. The number of aryl methyl sites for hydroxylation is 1. The van der Waals surface area contributed by atoms with Crippen molar-refractivity contribution in [1.29, 1.82) is 0 Å². The average Bonchev–Trinajstić information content (AvgIpc) is 2.52. The van der Waals surface area contributed by atoms with Crippen molar-refractivity contribution in [3.05, 3.63) is 50.4 Å². The smallest absolute Gasteiger partial charge is 0.277 e. The SMILES string of the molecule is C=C(C)C1CC=C(C)C(=NNC(=O)COc2c(C)cc(Br)cc2Br)C1. The van der Waals surface area contributed by atoms with Crippen LogP contribution in [0.15, 0.2) is 50.0 Å². The minimum Gasteiger partial charge on any atom is -0.482 e. The van der Waals surface area contributed by atoms with Gasteiger partial charge in [0.2, 0.25) is 0 Å². The maximum atomic E-state index is 12.1. The molecule has 2 rings (SSSR count). The van der Waals surface area contributed by atoms with Gasteiger partial charge in [-0.25, -0.2) is 5.43 Å². The number of rotatable bonds is 5. The van der Waals surface area contributed by atoms with Crippen LogP contribution in [0.2, 0.25) is 0 Å². The lowest BCUT2D eigenvalue weighted by Gasteiger charge is -2.22. The quantitative estimate of drug-likeness (QED) is 0.469. The molecule has 0 heterocycles. The number of halogens is 2. The standard InChI is InChI=1S/C19H22Br2N2O2/c1-11(2)14-6-5-12(3)17(8-14)22-23-18(24)10-25-19-13(4)7-15(20)9-16(19)21/h5,7,9,14H,1,6,8,10H2,2-4H3,(H,23,24). The van der Waals surface area contributed by atoms with E-state index in [2.05, 4.69) is 55.0 Å². The maximum Gasteiger partial charge on any atom is 0.277 e. The first-order valence-corrected chi connectivity index (χ1v) is 9.63. The summed E-state index contributed by atoms with van der Waals surface area (Å²) in [6, 6.07) is 3.82. The zero-order valence-electron chi connectivity index (χ0n) is 14.7. The van der Waals surface area contributed by atoms with Gasteiger partial charge < -0.3 is 4.74 Å². The van der Waals surface area contributed by atoms with E-state index in [0.29, 0.717) is 11.7 Å². The van der Waals surface area contributed by atoms with Crippen LogP contribution >= 0.6 is 31.9 Å². The number of nitrogens with one attached hydrogen (secondary N) is 1. The molecule has 134 valence electrons. The minimum absolute atomic E-state index is 0.0927. The van der Waals surface area contributed by atoms with E-state index >= 15 is 0 Å². The molecule has 1 amide bonds. The molecule has 25 heavy (non-hydrogen) atoms. The largest absolute Gasteiger partial charge is 0.482 e. The first-order valence-electron chi connectivity index (χ1n) is 8.04. The summed E-state index contributed by atoms with van der Waals surface area (Å²) in [4.78, 5) is 12.1. The van der Waals surface area contributed by atoms with Crippen LogP contribution in [0.5, 0.6) is 5.75 Å². The average molecular weight is 470 g/mol. The molecule has 6 heteroatoms. The van der Waals surface area contributed by atoms with Crippen molar-refractivity contribution < 1.29 is 9.53 Å². The second-order valence-electron chi connectivity index (χ2n) is 6.29. The Morgan fingerprint density at radius 3 is 2.76 bits per heavy atom. The minimum atomic E-state index is -0.285. The summed E-state index contributed by atoms with van der Waals surface area (Å²) in [5, 5.41) is 4.28. The van der Waals surface area contributed by atoms with Gasteiger partial charge >= 0.3 is 0 Å². The van der Waals surface area contributed by atoms with Crippen LogP contribution in [-0.4, -0.2) is 18.2 Å². The van der Waals surface area contributed by atoms with Crippen molar-refractivity contribution in [3.8, 4) is 5.75 Å². The molecule has 0 saturated carbocycles. The molecule has 0 aliphatic heterocycles. The lowest BCUT2D eigenvalue weighted by molar-refractivity contribution is -0.123. The van der Waals surface area contributed by atoms with E-state index in [1.165, 1.54) is 0 Å². The number of amides is 1. The Hall–Kier alpha value is -1.40. The Labute approximate surface area is 165 Å². The number of carbonyl (C=O) groups excluding carboxylic acids is 1. The van der Waals surface area contributed by atoms with Gasteiger partial charge in [0, 0.05) is 4.47 Å². The number of ether oxygens (including phenoxy) is 1. The Kier molecular flexibility index (Phi) is 7.02. The molecule has 0 radical (unpaired) electrons. The van der Waals surface area contributed by atoms with Gasteiger partial charge in [-0.2, -0.15) is 5.10 Å². The van der Waals surface area contributed by atoms with Gasteiger partial charge in [0.15, 0.2) is 6.61 Å². The monoisotopic (exact) mass is 468 g/mol. The van der Waals surface area contributed by atoms with Gasteiger partial charge in [0.05, 0.1) is 10.2 Å². The molecular formula is C19H22Br2N2O2. The predicted octanol–water partition coefficient (Wildman–Crippen LogP) is 5.30. The number of allylic oxidation sites excluding steroid dienone is 3. The molecule has 1 unspecified atom stereocenters. The molecule has 1 N–H and O–H groups in total. The third kappa shape index (κ3) is 5.54. The van der Waals surface area contributed by atoms with Crippen LogP contribution in [0.4, 0.5) is 0 Å². The summed E-state index contributed by atoms with van der Waals surface area (Å²) in [6.45, 7) is 9.90. The number of hydrogen-bond acceptors (Lipinski definition) is 3. The Morgan fingerprint density at radius 1 is 1.40 bits per heavy atom. The number of benzene rings is 1. The molecule has 4 nitrogen and oxygen atoms in total. The van der Waals surface area contributed by atoms with Crippen molar-refractivity contribution >= 4 is 43.5 Å². The van der Waals surface area contributed by atoms with E-state index in [9.17, 15) is 4.79 Å². The normalized spacial score (nSPS) is 18.7. The summed E-state index contributed by atoms with van der Waals surface area (Å²) in [6.07, 6.45) is 3.93. The molecule has 0 spiro atoms. The van der Waals surface area contributed by atoms with Gasteiger partial charge in [0.25, 0.3) is 5.91 Å². The van der Waals surface area contributed by atoms with E-state index in [-0.39, 0.29) is 12.5 Å². The van der Waals surface area contributed by atoms with Gasteiger partial charge in [0.1, 0.15) is 5.75 Å². The fourth-order valence-electron chi connectivity index (χ4n) is 2.60. The third-order valence-corrected chi connectivity index (χ3v) is 5.20. The third-order valence-electron chi connectivity index (χ3n) is 4.16. The van der Waals surface area contributed by atoms with E-state index < -0.39 is 0 Å². The highest BCUT2D eigenvalue weighted by Crippen LogP contribution is 2.32. The Bertz CT molecular complexity index is 731. The molecule has 1 atom stereocenters. The summed E-state index contributed by atoms with van der Waals surface area (Å²) >= 11 is 6.87. The molecule has 0 saturated heterocycles. The highest BCUT2D eigenvalue weighted by molar-refractivity contribution is 9.11. The van der Waals surface area contributed by atoms with Crippen LogP contribution < -0.4 is 10.2 Å². The second kappa shape index (κ2) is 8.81. The molecule has 0 bridgehead atoms. The van der Waals surface area contributed by atoms with Gasteiger partial charge in [-0.15, -0.1) is 0 Å². The second-order valence-corrected chi connectivity index (χ2v) is 8.06. The zero-order valence-corrected chi connectivity index (χ0v) is 17.8. The number of nitrogens with zero attached hydrogens (tertiary/aromatic N) is 1. The van der Waals surface area contributed by atoms with Crippen LogP contribution in [0.3, 0.4) is 0 Å². The van der Waals surface area contributed by atoms with E-state index in [1.807, 2.05) is 32.9 Å². The number of carbonyl (C=O) groups is 1. The molecular weight excluding hydrogens is 448 g/mol. The maximum absolute atomic E-state index is 12.1. The van der Waals surface area contributed by atoms with Crippen molar-refractivity contribution in [1.82, 2.24) is 5.43 Å². The number of hydrazone groups is 1. The molecule has 1 aromatic rings. The van der Waals surface area contributed by atoms with Crippen molar-refractivity contribution in [2.75, 3.05) is 6.61 Å². The van der Waals surface area contributed by atoms with Crippen molar-refractivity contribution in [3.63, 3.8) is 0 Å². The Balaban J connectivity index is 1.96. The zero-order chi connectivity index (χ0) is 18.6. The van der Waals surface area contributed by atoms with E-state index in [0.717, 1.165) is 44.2 Å². The van der Waals surface area contributed by atoms with Crippen molar-refractivity contribution in [2.24, 2.45) is 11.0 Å². The molecule has 1 aromatic carbocycles. The van der Waals surface area contributed by atoms with Gasteiger partial charge in [-0.05, 0) is 78.7 Å². The lowest BCUT2D eigenvalue weighted by Crippen LogP contribution is -2.27.